The molecule has 1 fully saturated rings. The summed E-state index contributed by atoms with van der Waals surface area (Å²) >= 11 is 1.23. The lowest BCUT2D eigenvalue weighted by molar-refractivity contribution is -0.139. The van der Waals surface area contributed by atoms with Crippen LogP contribution < -0.4 is 4.74 Å². The topological polar surface area (TPSA) is 79.2 Å². The average Bonchev–Trinajstić information content (AvgIpc) is 2.91. The number of carboxylic acid groups (broad SMARTS) is 1. The Morgan fingerprint density at radius 1 is 1.40 bits per heavy atom. The van der Waals surface area contributed by atoms with Crippen molar-refractivity contribution in [2.75, 3.05) is 7.11 Å². The van der Waals surface area contributed by atoms with Crippen molar-refractivity contribution < 1.29 is 19.4 Å². The van der Waals surface area contributed by atoms with E-state index in [0.29, 0.717) is 10.9 Å². The van der Waals surface area contributed by atoms with E-state index < -0.39 is 11.2 Å². The van der Waals surface area contributed by atoms with Gasteiger partial charge in [-0.15, -0.1) is 0 Å². The molecule has 1 amide bonds. The van der Waals surface area contributed by atoms with Crippen LogP contribution in [0.2, 0.25) is 0 Å². The summed E-state index contributed by atoms with van der Waals surface area (Å²) in [5, 5.41) is 9.02. The van der Waals surface area contributed by atoms with Gasteiger partial charge in [0.1, 0.15) is 11.0 Å². The molecular weight excluding hydrogens is 340 g/mol. The number of ether oxygens (including phenoxy) is 1. The van der Waals surface area contributed by atoms with Crippen molar-refractivity contribution in [1.82, 2.24) is 4.90 Å². The molecule has 0 radical (unpaired) electrons. The minimum absolute atomic E-state index is 0.0513. The second kappa shape index (κ2) is 7.74. The minimum atomic E-state index is -0.976. The summed E-state index contributed by atoms with van der Waals surface area (Å²) in [5.41, 5.74) is 0.705. The first-order valence-electron chi connectivity index (χ1n) is 8.19. The molecule has 3 rings (SSSR count). The molecule has 1 heterocycles. The Hall–Kier alpha value is -2.28. The van der Waals surface area contributed by atoms with Crippen LogP contribution in [0, 0.1) is 0 Å². The van der Waals surface area contributed by atoms with Gasteiger partial charge in [-0.3, -0.25) is 14.5 Å². The quantitative estimate of drug-likeness (QED) is 0.816. The molecule has 1 saturated heterocycles. The zero-order valence-corrected chi connectivity index (χ0v) is 14.7. The van der Waals surface area contributed by atoms with E-state index in [0.717, 1.165) is 25.0 Å². The number of aliphatic imine (C=N–C) groups is 1. The summed E-state index contributed by atoms with van der Waals surface area (Å²) in [4.78, 5) is 30.1. The van der Waals surface area contributed by atoms with Crippen LogP contribution in [0.5, 0.6) is 5.75 Å². The number of methoxy groups -OCH3 is 1. The number of hydrogen-bond acceptors (Lipinski definition) is 5. The molecule has 6 nitrogen and oxygen atoms in total. The second-order valence-electron chi connectivity index (χ2n) is 5.93. The van der Waals surface area contributed by atoms with Gasteiger partial charge in [0, 0.05) is 0 Å². The van der Waals surface area contributed by atoms with E-state index >= 15 is 0 Å². The maximum Gasteiger partial charge on any atom is 0.305 e. The van der Waals surface area contributed by atoms with Crippen LogP contribution >= 0.6 is 11.8 Å². The largest absolute Gasteiger partial charge is 0.497 e. The number of carboxylic acids is 1. The normalized spacial score (nSPS) is 24.8. The van der Waals surface area contributed by atoms with E-state index in [-0.39, 0.29) is 18.4 Å². The molecule has 0 saturated carbocycles. The number of allylic oxidation sites excluding steroid dienone is 1. The number of carbonyl (C=O) groups excluding carboxylic acids is 1. The van der Waals surface area contributed by atoms with Crippen molar-refractivity contribution >= 4 is 34.5 Å². The van der Waals surface area contributed by atoms with Gasteiger partial charge in [0.15, 0.2) is 5.17 Å². The Bertz CT molecular complexity index is 714. The highest BCUT2D eigenvalue weighted by atomic mass is 32.2. The number of nitrogens with zero attached hydrogens (tertiary/aromatic N) is 2. The minimum Gasteiger partial charge on any atom is -0.497 e. The fourth-order valence-corrected chi connectivity index (χ4v) is 4.13. The third-order valence-corrected chi connectivity index (χ3v) is 5.34. The van der Waals surface area contributed by atoms with Gasteiger partial charge in [0.05, 0.1) is 25.3 Å². The molecule has 2 atom stereocenters. The summed E-state index contributed by atoms with van der Waals surface area (Å²) in [6, 6.07) is 7.19. The molecule has 0 bridgehead atoms. The standard InChI is InChI=1S/C18H20N2O4S/c1-24-14-9-7-12(8-10-14)19-18-20(13-5-3-2-4-6-13)17(23)15(25-18)11-16(21)22/h3,5,7-10,13,15H,2,4,6,11H2,1H3,(H,21,22)/t13-,15-/m0/s1. The van der Waals surface area contributed by atoms with Crippen LogP contribution in [0.15, 0.2) is 41.4 Å². The first kappa shape index (κ1) is 17.5. The number of carbonyl (C=O) groups is 2. The third kappa shape index (κ3) is 4.04. The van der Waals surface area contributed by atoms with Crippen molar-refractivity contribution in [3.05, 3.63) is 36.4 Å². The Labute approximate surface area is 150 Å². The van der Waals surface area contributed by atoms with Gasteiger partial charge in [-0.05, 0) is 43.5 Å². The van der Waals surface area contributed by atoms with E-state index in [1.54, 1.807) is 24.1 Å². The van der Waals surface area contributed by atoms with Crippen LogP contribution in [0.25, 0.3) is 0 Å². The third-order valence-electron chi connectivity index (χ3n) is 4.18. The lowest BCUT2D eigenvalue weighted by atomic mass is 10.0. The highest BCUT2D eigenvalue weighted by Gasteiger charge is 2.42. The fourth-order valence-electron chi connectivity index (χ4n) is 2.93. The van der Waals surface area contributed by atoms with Crippen molar-refractivity contribution in [2.45, 2.75) is 37.0 Å². The molecule has 7 heteroatoms. The number of amidine groups is 1. The molecule has 132 valence electrons. The molecular formula is C18H20N2O4S. The van der Waals surface area contributed by atoms with Gasteiger partial charge >= 0.3 is 5.97 Å². The molecule has 25 heavy (non-hydrogen) atoms. The van der Waals surface area contributed by atoms with Crippen LogP contribution in [-0.4, -0.2) is 45.5 Å². The Balaban J connectivity index is 1.90. The van der Waals surface area contributed by atoms with Gasteiger partial charge in [0.25, 0.3) is 0 Å². The van der Waals surface area contributed by atoms with E-state index in [9.17, 15) is 9.59 Å². The number of hydrogen-bond donors (Lipinski definition) is 1. The van der Waals surface area contributed by atoms with Crippen LogP contribution in [0.1, 0.15) is 25.7 Å². The first-order chi connectivity index (χ1) is 12.1. The SMILES string of the molecule is COc1ccc(N=C2S[C@@H](CC(=O)O)C(=O)N2[C@H]2C=CCCC2)cc1. The fraction of sp³-hybridized carbons (Fsp3) is 0.389. The van der Waals surface area contributed by atoms with Crippen molar-refractivity contribution in [1.29, 1.82) is 0 Å². The smallest absolute Gasteiger partial charge is 0.305 e. The highest BCUT2D eigenvalue weighted by molar-refractivity contribution is 8.15. The molecule has 1 aromatic rings. The van der Waals surface area contributed by atoms with Gasteiger partial charge in [-0.25, -0.2) is 4.99 Å². The van der Waals surface area contributed by atoms with E-state index in [1.165, 1.54) is 11.8 Å². The summed E-state index contributed by atoms with van der Waals surface area (Å²) in [6.45, 7) is 0. The summed E-state index contributed by atoms with van der Waals surface area (Å²) in [7, 11) is 1.60. The van der Waals surface area contributed by atoms with Crippen molar-refractivity contribution in [2.24, 2.45) is 4.99 Å². The predicted molar refractivity (Wildman–Crippen MR) is 97.3 cm³/mol. The summed E-state index contributed by atoms with van der Waals surface area (Å²) in [5.74, 6) is -0.415. The van der Waals surface area contributed by atoms with Gasteiger partial charge < -0.3 is 9.84 Å². The zero-order chi connectivity index (χ0) is 17.8. The molecule has 1 N–H and O–H groups in total. The average molecular weight is 360 g/mol. The molecule has 0 aromatic heterocycles. The number of benzene rings is 1. The number of amides is 1. The lowest BCUT2D eigenvalue weighted by Gasteiger charge is -2.27. The van der Waals surface area contributed by atoms with Crippen LogP contribution in [0.4, 0.5) is 5.69 Å². The molecule has 2 aliphatic rings. The van der Waals surface area contributed by atoms with E-state index in [2.05, 4.69) is 11.1 Å². The molecule has 1 aliphatic carbocycles. The molecule has 1 aliphatic heterocycles. The first-order valence-corrected chi connectivity index (χ1v) is 9.07. The summed E-state index contributed by atoms with van der Waals surface area (Å²) < 4.78 is 5.14. The predicted octanol–water partition coefficient (Wildman–Crippen LogP) is 3.21. The Morgan fingerprint density at radius 2 is 2.16 bits per heavy atom. The van der Waals surface area contributed by atoms with Crippen LogP contribution in [-0.2, 0) is 9.59 Å². The van der Waals surface area contributed by atoms with Gasteiger partial charge in [0.2, 0.25) is 5.91 Å². The maximum atomic E-state index is 12.7. The van der Waals surface area contributed by atoms with Crippen LogP contribution in [0.3, 0.4) is 0 Å². The molecule has 0 spiro atoms. The van der Waals surface area contributed by atoms with E-state index in [4.69, 9.17) is 9.84 Å². The Morgan fingerprint density at radius 3 is 2.76 bits per heavy atom. The molecule has 1 aromatic carbocycles. The molecule has 0 unspecified atom stereocenters. The monoisotopic (exact) mass is 360 g/mol. The summed E-state index contributed by atoms with van der Waals surface area (Å²) in [6.07, 6.45) is 6.78. The number of thioether (sulfide) groups is 1. The van der Waals surface area contributed by atoms with Gasteiger partial charge in [-0.2, -0.15) is 0 Å². The van der Waals surface area contributed by atoms with E-state index in [1.807, 2.05) is 18.2 Å². The second-order valence-corrected chi connectivity index (χ2v) is 7.10. The van der Waals surface area contributed by atoms with Gasteiger partial charge in [-0.1, -0.05) is 23.9 Å². The number of rotatable bonds is 5. The maximum absolute atomic E-state index is 12.7. The lowest BCUT2D eigenvalue weighted by Crippen LogP contribution is -2.41. The highest BCUT2D eigenvalue weighted by Crippen LogP contribution is 2.35. The number of aliphatic carboxylic acids is 1. The zero-order valence-electron chi connectivity index (χ0n) is 13.9. The van der Waals surface area contributed by atoms with Crippen molar-refractivity contribution in [3.63, 3.8) is 0 Å². The Kier molecular flexibility index (Phi) is 5.43. The van der Waals surface area contributed by atoms with Crippen molar-refractivity contribution in [3.8, 4) is 5.75 Å².